The summed E-state index contributed by atoms with van der Waals surface area (Å²) in [7, 11) is 1.68. The molecule has 1 aromatic carbocycles. The number of carbonyl (C=O) groups excluding carboxylic acids is 1. The van der Waals surface area contributed by atoms with Crippen LogP contribution in [0, 0.1) is 5.92 Å². The van der Waals surface area contributed by atoms with Crippen molar-refractivity contribution in [1.29, 1.82) is 0 Å². The highest BCUT2D eigenvalue weighted by atomic mass is 35.5. The average Bonchev–Trinajstić information content (AvgIpc) is 2.87. The third-order valence-electron chi connectivity index (χ3n) is 5.36. The van der Waals surface area contributed by atoms with Crippen LogP contribution in [-0.2, 0) is 4.79 Å². The van der Waals surface area contributed by atoms with E-state index in [2.05, 4.69) is 17.0 Å². The highest BCUT2D eigenvalue weighted by molar-refractivity contribution is 5.85. The molecule has 24 heavy (non-hydrogen) atoms. The van der Waals surface area contributed by atoms with E-state index in [4.69, 9.17) is 10.5 Å². The number of nitrogens with two attached hydrogens (primary N) is 1. The van der Waals surface area contributed by atoms with Crippen LogP contribution in [0.3, 0.4) is 0 Å². The monoisotopic (exact) mass is 352 g/mol. The third kappa shape index (κ3) is 4.22. The number of hydrogen-bond acceptors (Lipinski definition) is 3. The van der Waals surface area contributed by atoms with Gasteiger partial charge in [0.25, 0.3) is 0 Å². The lowest BCUT2D eigenvalue weighted by Crippen LogP contribution is -2.38. The molecule has 3 rings (SSSR count). The first-order valence-corrected chi connectivity index (χ1v) is 8.89. The van der Waals surface area contributed by atoms with Crippen LogP contribution < -0.4 is 10.5 Å². The van der Waals surface area contributed by atoms with Gasteiger partial charge in [0.05, 0.1) is 13.2 Å². The van der Waals surface area contributed by atoms with Crippen molar-refractivity contribution < 1.29 is 9.53 Å². The van der Waals surface area contributed by atoms with Crippen LogP contribution in [-0.4, -0.2) is 30.5 Å². The van der Waals surface area contributed by atoms with Crippen LogP contribution in [0.15, 0.2) is 24.3 Å². The zero-order valence-electron chi connectivity index (χ0n) is 14.4. The smallest absolute Gasteiger partial charge is 0.226 e. The minimum absolute atomic E-state index is 0. The average molecular weight is 353 g/mol. The molecular formula is C19H29ClN2O2. The van der Waals surface area contributed by atoms with Crippen molar-refractivity contribution in [2.75, 3.05) is 13.7 Å². The highest BCUT2D eigenvalue weighted by Gasteiger charge is 2.34. The predicted octanol–water partition coefficient (Wildman–Crippen LogP) is 3.69. The highest BCUT2D eigenvalue weighted by Crippen LogP contribution is 2.35. The Morgan fingerprint density at radius 1 is 1.12 bits per heavy atom. The first-order valence-electron chi connectivity index (χ1n) is 8.89. The number of amides is 1. The van der Waals surface area contributed by atoms with Gasteiger partial charge < -0.3 is 15.4 Å². The topological polar surface area (TPSA) is 55.6 Å². The number of halogens is 1. The summed E-state index contributed by atoms with van der Waals surface area (Å²) in [6.07, 6.45) is 7.34. The molecule has 0 bridgehead atoms. The van der Waals surface area contributed by atoms with Gasteiger partial charge in [0.2, 0.25) is 5.91 Å². The third-order valence-corrected chi connectivity index (χ3v) is 5.36. The lowest BCUT2D eigenvalue weighted by Gasteiger charge is -2.32. The lowest BCUT2D eigenvalue weighted by atomic mass is 9.98. The van der Waals surface area contributed by atoms with Crippen LogP contribution >= 0.6 is 12.4 Å². The molecule has 0 aromatic heterocycles. The van der Waals surface area contributed by atoms with Crippen LogP contribution in [0.2, 0.25) is 0 Å². The van der Waals surface area contributed by atoms with E-state index in [9.17, 15) is 4.79 Å². The standard InChI is InChI=1S/C19H28N2O2.ClH/c1-23-17-10-7-14(8-11-17)18-5-3-2-4-12-21(18)19(22)15-6-9-16(20)13-15;/h7-8,10-11,15-16,18H,2-6,9,12-13,20H2,1H3;1H. The van der Waals surface area contributed by atoms with Crippen molar-refractivity contribution in [3.63, 3.8) is 0 Å². The molecule has 1 aliphatic heterocycles. The van der Waals surface area contributed by atoms with E-state index in [-0.39, 0.29) is 30.4 Å². The molecule has 134 valence electrons. The summed E-state index contributed by atoms with van der Waals surface area (Å²) in [5, 5.41) is 0. The zero-order chi connectivity index (χ0) is 16.2. The van der Waals surface area contributed by atoms with Crippen molar-refractivity contribution >= 4 is 18.3 Å². The Morgan fingerprint density at radius 2 is 1.88 bits per heavy atom. The number of carbonyl (C=O) groups is 1. The number of rotatable bonds is 3. The lowest BCUT2D eigenvalue weighted by molar-refractivity contribution is -0.137. The summed E-state index contributed by atoms with van der Waals surface area (Å²) in [4.78, 5) is 15.2. The Labute approximate surface area is 151 Å². The quantitative estimate of drug-likeness (QED) is 0.902. The molecule has 0 radical (unpaired) electrons. The molecular weight excluding hydrogens is 324 g/mol. The fraction of sp³-hybridized carbons (Fsp3) is 0.632. The van der Waals surface area contributed by atoms with Gasteiger partial charge in [-0.25, -0.2) is 0 Å². The summed E-state index contributed by atoms with van der Waals surface area (Å²) in [6.45, 7) is 0.876. The summed E-state index contributed by atoms with van der Waals surface area (Å²) < 4.78 is 5.25. The molecule has 1 amide bonds. The van der Waals surface area contributed by atoms with E-state index < -0.39 is 0 Å². The summed E-state index contributed by atoms with van der Waals surface area (Å²) in [5.74, 6) is 1.31. The summed E-state index contributed by atoms with van der Waals surface area (Å²) >= 11 is 0. The molecule has 1 aliphatic carbocycles. The van der Waals surface area contributed by atoms with Gasteiger partial charge in [-0.05, 0) is 49.8 Å². The predicted molar refractivity (Wildman–Crippen MR) is 98.5 cm³/mol. The number of benzene rings is 1. The van der Waals surface area contributed by atoms with Gasteiger partial charge >= 0.3 is 0 Å². The fourth-order valence-electron chi connectivity index (χ4n) is 4.02. The number of nitrogens with zero attached hydrogens (tertiary/aromatic N) is 1. The van der Waals surface area contributed by atoms with E-state index in [1.165, 1.54) is 18.4 Å². The molecule has 0 spiro atoms. The van der Waals surface area contributed by atoms with Crippen LogP contribution in [0.4, 0.5) is 0 Å². The molecule has 1 heterocycles. The second-order valence-corrected chi connectivity index (χ2v) is 6.94. The van der Waals surface area contributed by atoms with E-state index in [1.807, 2.05) is 12.1 Å². The van der Waals surface area contributed by atoms with E-state index in [1.54, 1.807) is 7.11 Å². The van der Waals surface area contributed by atoms with E-state index in [0.717, 1.165) is 44.4 Å². The first kappa shape index (κ1) is 19.1. The second kappa shape index (κ2) is 8.72. The Balaban J connectivity index is 0.00000208. The Bertz CT molecular complexity index is 535. The van der Waals surface area contributed by atoms with Crippen LogP contribution in [0.1, 0.15) is 56.6 Å². The maximum atomic E-state index is 13.1. The molecule has 3 atom stereocenters. The Kier molecular flexibility index (Phi) is 6.93. The summed E-state index contributed by atoms with van der Waals surface area (Å²) in [6, 6.07) is 8.61. The normalized spacial score (nSPS) is 27.2. The number of ether oxygens (including phenoxy) is 1. The van der Waals surface area contributed by atoms with Gasteiger partial charge in [0, 0.05) is 18.5 Å². The fourth-order valence-corrected chi connectivity index (χ4v) is 4.02. The van der Waals surface area contributed by atoms with E-state index in [0.29, 0.717) is 5.91 Å². The second-order valence-electron chi connectivity index (χ2n) is 6.94. The van der Waals surface area contributed by atoms with Gasteiger partial charge in [-0.3, -0.25) is 4.79 Å². The zero-order valence-corrected chi connectivity index (χ0v) is 15.3. The number of hydrogen-bond donors (Lipinski definition) is 1. The minimum Gasteiger partial charge on any atom is -0.497 e. The maximum Gasteiger partial charge on any atom is 0.226 e. The molecule has 1 aromatic rings. The van der Waals surface area contributed by atoms with Gasteiger partial charge in [-0.15, -0.1) is 12.4 Å². The summed E-state index contributed by atoms with van der Waals surface area (Å²) in [5.41, 5.74) is 7.24. The molecule has 2 N–H and O–H groups in total. The molecule has 1 saturated heterocycles. The minimum atomic E-state index is 0. The molecule has 1 saturated carbocycles. The van der Waals surface area contributed by atoms with Crippen LogP contribution in [0.25, 0.3) is 0 Å². The van der Waals surface area contributed by atoms with Crippen molar-refractivity contribution in [2.24, 2.45) is 11.7 Å². The molecule has 3 unspecified atom stereocenters. The number of methoxy groups -OCH3 is 1. The molecule has 4 nitrogen and oxygen atoms in total. The largest absolute Gasteiger partial charge is 0.497 e. The maximum absolute atomic E-state index is 13.1. The number of likely N-dealkylation sites (tertiary alicyclic amines) is 1. The van der Waals surface area contributed by atoms with E-state index >= 15 is 0 Å². The van der Waals surface area contributed by atoms with Gasteiger partial charge in [0.1, 0.15) is 5.75 Å². The molecule has 2 fully saturated rings. The van der Waals surface area contributed by atoms with Crippen molar-refractivity contribution in [1.82, 2.24) is 4.90 Å². The van der Waals surface area contributed by atoms with Crippen molar-refractivity contribution in [2.45, 2.75) is 57.0 Å². The van der Waals surface area contributed by atoms with Gasteiger partial charge in [-0.1, -0.05) is 25.0 Å². The first-order chi connectivity index (χ1) is 11.2. The Hall–Kier alpha value is -1.26. The van der Waals surface area contributed by atoms with Crippen molar-refractivity contribution in [3.8, 4) is 5.75 Å². The van der Waals surface area contributed by atoms with Gasteiger partial charge in [-0.2, -0.15) is 0 Å². The molecule has 2 aliphatic rings. The van der Waals surface area contributed by atoms with Crippen LogP contribution in [0.5, 0.6) is 5.75 Å². The SMILES string of the molecule is COc1ccc(C2CCCCCN2C(=O)C2CCC(N)C2)cc1.Cl. The Morgan fingerprint density at radius 3 is 2.50 bits per heavy atom. The van der Waals surface area contributed by atoms with Gasteiger partial charge in [0.15, 0.2) is 0 Å². The molecule has 5 heteroatoms. The van der Waals surface area contributed by atoms with Crippen molar-refractivity contribution in [3.05, 3.63) is 29.8 Å².